The van der Waals surface area contributed by atoms with Gasteiger partial charge in [-0.15, -0.1) is 0 Å². The third-order valence-corrected chi connectivity index (χ3v) is 5.87. The molecule has 144 valence electrons. The standard InChI is InChI=1S/C22H23N3O2S/c1-16(2)21(26)24-11-13-25(14-12-24)22(27)18-8-4-6-10-20(18)28-19-9-5-3-7-17(19)15-23/h3-10,16H,11-14H2,1-2H3. The Morgan fingerprint density at radius 2 is 1.50 bits per heavy atom. The van der Waals surface area contributed by atoms with Crippen molar-refractivity contribution in [3.63, 3.8) is 0 Å². The molecule has 0 saturated carbocycles. The maximum Gasteiger partial charge on any atom is 0.255 e. The van der Waals surface area contributed by atoms with Crippen LogP contribution in [0.25, 0.3) is 0 Å². The van der Waals surface area contributed by atoms with E-state index in [1.54, 1.807) is 11.0 Å². The average Bonchev–Trinajstić information content (AvgIpc) is 2.73. The molecule has 0 radical (unpaired) electrons. The lowest BCUT2D eigenvalue weighted by Gasteiger charge is -2.35. The number of amides is 2. The molecule has 2 amide bonds. The van der Waals surface area contributed by atoms with Gasteiger partial charge in [0.2, 0.25) is 5.91 Å². The van der Waals surface area contributed by atoms with E-state index >= 15 is 0 Å². The highest BCUT2D eigenvalue weighted by Gasteiger charge is 2.27. The number of carbonyl (C=O) groups excluding carboxylic acids is 2. The predicted octanol–water partition coefficient (Wildman–Crippen LogP) is 3.65. The van der Waals surface area contributed by atoms with Crippen molar-refractivity contribution in [3.8, 4) is 6.07 Å². The van der Waals surface area contributed by atoms with Gasteiger partial charge in [-0.2, -0.15) is 5.26 Å². The molecule has 0 N–H and O–H groups in total. The number of benzene rings is 2. The largest absolute Gasteiger partial charge is 0.339 e. The minimum Gasteiger partial charge on any atom is -0.339 e. The molecule has 5 nitrogen and oxygen atoms in total. The normalized spacial score (nSPS) is 14.1. The van der Waals surface area contributed by atoms with Crippen molar-refractivity contribution in [2.45, 2.75) is 23.6 Å². The Morgan fingerprint density at radius 1 is 0.929 bits per heavy atom. The maximum absolute atomic E-state index is 13.1. The Hall–Kier alpha value is -2.78. The van der Waals surface area contributed by atoms with Gasteiger partial charge < -0.3 is 9.80 Å². The van der Waals surface area contributed by atoms with Gasteiger partial charge in [0.25, 0.3) is 5.91 Å². The molecule has 6 heteroatoms. The predicted molar refractivity (Wildman–Crippen MR) is 109 cm³/mol. The fraction of sp³-hybridized carbons (Fsp3) is 0.318. The van der Waals surface area contributed by atoms with Crippen molar-refractivity contribution in [3.05, 3.63) is 59.7 Å². The van der Waals surface area contributed by atoms with E-state index in [0.29, 0.717) is 37.3 Å². The molecule has 0 aromatic heterocycles. The molecule has 0 unspecified atom stereocenters. The first-order chi connectivity index (χ1) is 13.5. The third kappa shape index (κ3) is 4.37. The van der Waals surface area contributed by atoms with Crippen molar-refractivity contribution < 1.29 is 9.59 Å². The number of rotatable bonds is 4. The van der Waals surface area contributed by atoms with Crippen LogP contribution in [0.3, 0.4) is 0 Å². The summed E-state index contributed by atoms with van der Waals surface area (Å²) in [6.45, 7) is 5.99. The molecule has 1 heterocycles. The van der Waals surface area contributed by atoms with Gasteiger partial charge in [0.1, 0.15) is 6.07 Å². The summed E-state index contributed by atoms with van der Waals surface area (Å²) in [5.41, 5.74) is 1.22. The SMILES string of the molecule is CC(C)C(=O)N1CCN(C(=O)c2ccccc2Sc2ccccc2C#N)CC1. The summed E-state index contributed by atoms with van der Waals surface area (Å²) in [6.07, 6.45) is 0. The average molecular weight is 394 g/mol. The third-order valence-electron chi connectivity index (χ3n) is 4.72. The summed E-state index contributed by atoms with van der Waals surface area (Å²) in [7, 11) is 0. The molecule has 28 heavy (non-hydrogen) atoms. The van der Waals surface area contributed by atoms with Crippen LogP contribution in [0.2, 0.25) is 0 Å². The molecule has 0 spiro atoms. The molecule has 1 aliphatic rings. The van der Waals surface area contributed by atoms with Crippen LogP contribution in [-0.2, 0) is 4.79 Å². The van der Waals surface area contributed by atoms with Gasteiger partial charge in [0, 0.05) is 41.9 Å². The topological polar surface area (TPSA) is 64.4 Å². The van der Waals surface area contributed by atoms with Crippen LogP contribution in [0.1, 0.15) is 29.8 Å². The van der Waals surface area contributed by atoms with Gasteiger partial charge in [0.15, 0.2) is 0 Å². The summed E-state index contributed by atoms with van der Waals surface area (Å²) in [6, 6.07) is 17.1. The molecule has 1 fully saturated rings. The van der Waals surface area contributed by atoms with E-state index in [1.807, 2.05) is 61.2 Å². The van der Waals surface area contributed by atoms with E-state index in [0.717, 1.165) is 9.79 Å². The molecule has 0 atom stereocenters. The van der Waals surface area contributed by atoms with Gasteiger partial charge in [-0.05, 0) is 24.3 Å². The number of nitriles is 1. The van der Waals surface area contributed by atoms with E-state index in [2.05, 4.69) is 6.07 Å². The molecule has 1 saturated heterocycles. The number of hydrogen-bond donors (Lipinski definition) is 0. The Kier molecular flexibility index (Phi) is 6.37. The lowest BCUT2D eigenvalue weighted by molar-refractivity contribution is -0.135. The molecule has 0 aliphatic carbocycles. The van der Waals surface area contributed by atoms with Crippen molar-refractivity contribution in [1.82, 2.24) is 9.80 Å². The molecular formula is C22H23N3O2S. The van der Waals surface area contributed by atoms with E-state index in [-0.39, 0.29) is 17.7 Å². The van der Waals surface area contributed by atoms with Crippen LogP contribution in [0.15, 0.2) is 58.3 Å². The van der Waals surface area contributed by atoms with Crippen LogP contribution in [0, 0.1) is 17.2 Å². The Morgan fingerprint density at radius 3 is 2.14 bits per heavy atom. The first-order valence-corrected chi connectivity index (χ1v) is 10.2. The molecule has 2 aromatic rings. The second kappa shape index (κ2) is 8.94. The summed E-state index contributed by atoms with van der Waals surface area (Å²) in [5.74, 6) is 0.0740. The van der Waals surface area contributed by atoms with Crippen LogP contribution < -0.4 is 0 Å². The van der Waals surface area contributed by atoms with Gasteiger partial charge in [-0.1, -0.05) is 49.9 Å². The summed E-state index contributed by atoms with van der Waals surface area (Å²) in [4.78, 5) is 30.6. The molecule has 1 aliphatic heterocycles. The van der Waals surface area contributed by atoms with E-state index in [1.165, 1.54) is 11.8 Å². The lowest BCUT2D eigenvalue weighted by atomic mass is 10.1. The van der Waals surface area contributed by atoms with Crippen molar-refractivity contribution in [1.29, 1.82) is 5.26 Å². The highest BCUT2D eigenvalue weighted by atomic mass is 32.2. The zero-order valence-electron chi connectivity index (χ0n) is 16.1. The second-order valence-corrected chi connectivity index (χ2v) is 8.06. The fourth-order valence-corrected chi connectivity index (χ4v) is 4.18. The number of nitrogens with zero attached hydrogens (tertiary/aromatic N) is 3. The van der Waals surface area contributed by atoms with E-state index in [4.69, 9.17) is 0 Å². The van der Waals surface area contributed by atoms with Crippen LogP contribution in [0.4, 0.5) is 0 Å². The van der Waals surface area contributed by atoms with Gasteiger partial charge in [-0.25, -0.2) is 0 Å². The minimum atomic E-state index is -0.0332. The van der Waals surface area contributed by atoms with Gasteiger partial charge in [0.05, 0.1) is 11.1 Å². The van der Waals surface area contributed by atoms with Crippen LogP contribution >= 0.6 is 11.8 Å². The quantitative estimate of drug-likeness (QED) is 0.795. The molecular weight excluding hydrogens is 370 g/mol. The van der Waals surface area contributed by atoms with Crippen molar-refractivity contribution in [2.24, 2.45) is 5.92 Å². The number of piperazine rings is 1. The second-order valence-electron chi connectivity index (χ2n) is 6.98. The van der Waals surface area contributed by atoms with Crippen molar-refractivity contribution >= 4 is 23.6 Å². The van der Waals surface area contributed by atoms with E-state index < -0.39 is 0 Å². The summed E-state index contributed by atoms with van der Waals surface area (Å²) >= 11 is 1.43. The summed E-state index contributed by atoms with van der Waals surface area (Å²) < 4.78 is 0. The number of carbonyl (C=O) groups is 2. The van der Waals surface area contributed by atoms with E-state index in [9.17, 15) is 14.9 Å². The van der Waals surface area contributed by atoms with Crippen LogP contribution in [-0.4, -0.2) is 47.8 Å². The lowest BCUT2D eigenvalue weighted by Crippen LogP contribution is -2.51. The highest BCUT2D eigenvalue weighted by Crippen LogP contribution is 2.33. The van der Waals surface area contributed by atoms with Crippen LogP contribution in [0.5, 0.6) is 0 Å². The highest BCUT2D eigenvalue weighted by molar-refractivity contribution is 7.99. The zero-order chi connectivity index (χ0) is 20.1. The first-order valence-electron chi connectivity index (χ1n) is 9.35. The zero-order valence-corrected chi connectivity index (χ0v) is 16.9. The van der Waals surface area contributed by atoms with Crippen molar-refractivity contribution in [2.75, 3.05) is 26.2 Å². The Balaban J connectivity index is 1.75. The monoisotopic (exact) mass is 393 g/mol. The molecule has 2 aromatic carbocycles. The Bertz CT molecular complexity index is 912. The maximum atomic E-state index is 13.1. The molecule has 0 bridgehead atoms. The first kappa shape index (κ1) is 20.0. The van der Waals surface area contributed by atoms with Gasteiger partial charge in [-0.3, -0.25) is 9.59 Å². The Labute approximate surface area is 169 Å². The minimum absolute atomic E-state index is 0.0282. The molecule has 3 rings (SSSR count). The smallest absolute Gasteiger partial charge is 0.255 e. The number of hydrogen-bond acceptors (Lipinski definition) is 4. The van der Waals surface area contributed by atoms with Gasteiger partial charge >= 0.3 is 0 Å². The fourth-order valence-electron chi connectivity index (χ4n) is 3.16. The summed E-state index contributed by atoms with van der Waals surface area (Å²) in [5, 5.41) is 9.32.